The van der Waals surface area contributed by atoms with Gasteiger partial charge in [-0.1, -0.05) is 6.92 Å². The van der Waals surface area contributed by atoms with E-state index in [4.69, 9.17) is 10.4 Å². The van der Waals surface area contributed by atoms with E-state index in [1.54, 1.807) is 0 Å². The third-order valence-electron chi connectivity index (χ3n) is 3.21. The van der Waals surface area contributed by atoms with Crippen molar-refractivity contribution in [3.63, 3.8) is 0 Å². The van der Waals surface area contributed by atoms with Crippen LogP contribution in [0.2, 0.25) is 0 Å². The third kappa shape index (κ3) is 4.62. The molecule has 0 bridgehead atoms. The molecule has 0 aliphatic carbocycles. The van der Waals surface area contributed by atoms with Crippen molar-refractivity contribution in [1.82, 2.24) is 10.2 Å². The highest BCUT2D eigenvalue weighted by molar-refractivity contribution is 5.99. The summed E-state index contributed by atoms with van der Waals surface area (Å²) in [7, 11) is 0. The molecule has 0 aromatic carbocycles. The van der Waals surface area contributed by atoms with Gasteiger partial charge in [0.15, 0.2) is 0 Å². The summed E-state index contributed by atoms with van der Waals surface area (Å²) in [6.07, 6.45) is 3.58. The van der Waals surface area contributed by atoms with Crippen LogP contribution in [0.4, 0.5) is 0 Å². The molecule has 1 saturated heterocycles. The first-order chi connectivity index (χ1) is 8.93. The summed E-state index contributed by atoms with van der Waals surface area (Å²) in [5, 5.41) is 20.0. The normalized spacial score (nSPS) is 18.6. The van der Waals surface area contributed by atoms with Crippen LogP contribution >= 0.6 is 0 Å². The lowest BCUT2D eigenvalue weighted by molar-refractivity contribution is -0.140. The fourth-order valence-corrected chi connectivity index (χ4v) is 1.81. The molecular weight excluding hydrogens is 246 g/mol. The number of carbonyl (C=O) groups excluding carboxylic acids is 1. The lowest BCUT2D eigenvalue weighted by Crippen LogP contribution is -2.39. The number of piperidine rings is 1. The maximum Gasteiger partial charge on any atom is 0.325 e. The van der Waals surface area contributed by atoms with E-state index in [9.17, 15) is 9.59 Å². The van der Waals surface area contributed by atoms with E-state index in [0.29, 0.717) is 5.92 Å². The number of carbonyl (C=O) groups is 2. The van der Waals surface area contributed by atoms with Gasteiger partial charge < -0.3 is 15.3 Å². The SMILES string of the molecule is CC1CCN(/C=C(/C#N)C(=O)NC(C)C(=O)O)CC1. The molecule has 1 amide bonds. The zero-order valence-corrected chi connectivity index (χ0v) is 11.2. The van der Waals surface area contributed by atoms with E-state index in [-0.39, 0.29) is 5.57 Å². The van der Waals surface area contributed by atoms with Crippen molar-refractivity contribution in [1.29, 1.82) is 5.26 Å². The molecule has 0 aromatic heterocycles. The number of carboxylic acids is 1. The molecule has 1 atom stereocenters. The zero-order valence-electron chi connectivity index (χ0n) is 11.2. The maximum absolute atomic E-state index is 11.7. The van der Waals surface area contributed by atoms with E-state index < -0.39 is 17.9 Å². The van der Waals surface area contributed by atoms with E-state index in [1.807, 2.05) is 11.0 Å². The summed E-state index contributed by atoms with van der Waals surface area (Å²) in [5.41, 5.74) is -0.0531. The fraction of sp³-hybridized carbons (Fsp3) is 0.615. The van der Waals surface area contributed by atoms with Crippen molar-refractivity contribution in [3.8, 4) is 6.07 Å². The third-order valence-corrected chi connectivity index (χ3v) is 3.21. The first kappa shape index (κ1) is 15.0. The van der Waals surface area contributed by atoms with Gasteiger partial charge in [0.2, 0.25) is 0 Å². The number of amides is 1. The summed E-state index contributed by atoms with van der Waals surface area (Å²) in [4.78, 5) is 24.3. The van der Waals surface area contributed by atoms with Crippen LogP contribution in [0.15, 0.2) is 11.8 Å². The Bertz CT molecular complexity index is 417. The minimum absolute atomic E-state index is 0.0531. The zero-order chi connectivity index (χ0) is 14.4. The van der Waals surface area contributed by atoms with E-state index in [1.165, 1.54) is 13.1 Å². The van der Waals surface area contributed by atoms with Crippen molar-refractivity contribution >= 4 is 11.9 Å². The van der Waals surface area contributed by atoms with Gasteiger partial charge in [-0.15, -0.1) is 0 Å². The van der Waals surface area contributed by atoms with E-state index >= 15 is 0 Å². The smallest absolute Gasteiger partial charge is 0.325 e. The summed E-state index contributed by atoms with van der Waals surface area (Å²) in [6, 6.07) is 0.810. The van der Waals surface area contributed by atoms with E-state index in [0.717, 1.165) is 25.9 Å². The number of hydrogen-bond acceptors (Lipinski definition) is 4. The Hall–Kier alpha value is -2.03. The number of likely N-dealkylation sites (tertiary alicyclic amines) is 1. The molecule has 0 saturated carbocycles. The standard InChI is InChI=1S/C13H19N3O3/c1-9-3-5-16(6-4-9)8-11(7-14)12(17)15-10(2)13(18)19/h8-10H,3-6H2,1-2H3,(H,15,17)(H,18,19)/b11-8-. The van der Waals surface area contributed by atoms with Gasteiger partial charge in [0.05, 0.1) is 0 Å². The Morgan fingerprint density at radius 3 is 2.53 bits per heavy atom. The van der Waals surface area contributed by atoms with Crippen molar-refractivity contribution in [2.75, 3.05) is 13.1 Å². The van der Waals surface area contributed by atoms with Gasteiger partial charge in [-0.05, 0) is 25.7 Å². The van der Waals surface area contributed by atoms with Crippen molar-refractivity contribution in [2.24, 2.45) is 5.92 Å². The largest absolute Gasteiger partial charge is 0.480 e. The van der Waals surface area contributed by atoms with Crippen LogP contribution in [0.3, 0.4) is 0 Å². The number of carboxylic acid groups (broad SMARTS) is 1. The molecule has 104 valence electrons. The Balaban J connectivity index is 2.64. The molecule has 6 heteroatoms. The minimum Gasteiger partial charge on any atom is -0.480 e. The predicted octanol–water partition coefficient (Wildman–Crippen LogP) is 0.715. The van der Waals surface area contributed by atoms with E-state index in [2.05, 4.69) is 12.2 Å². The summed E-state index contributed by atoms with van der Waals surface area (Å²) >= 11 is 0. The quantitative estimate of drug-likeness (QED) is 0.577. The average Bonchev–Trinajstić information content (AvgIpc) is 2.37. The first-order valence-corrected chi connectivity index (χ1v) is 6.33. The molecule has 6 nitrogen and oxygen atoms in total. The summed E-state index contributed by atoms with van der Waals surface area (Å²) in [6.45, 7) is 5.16. The fourth-order valence-electron chi connectivity index (χ4n) is 1.81. The number of hydrogen-bond donors (Lipinski definition) is 2. The predicted molar refractivity (Wildman–Crippen MR) is 68.9 cm³/mol. The second-order valence-electron chi connectivity index (χ2n) is 4.91. The van der Waals surface area contributed by atoms with Gasteiger partial charge in [0.25, 0.3) is 5.91 Å². The number of nitrogens with zero attached hydrogens (tertiary/aromatic N) is 2. The van der Waals surface area contributed by atoms with Gasteiger partial charge in [-0.3, -0.25) is 9.59 Å². The van der Waals surface area contributed by atoms with Crippen molar-refractivity contribution in [3.05, 3.63) is 11.8 Å². The Kier molecular flexibility index (Phi) is 5.37. The molecule has 1 aliphatic heterocycles. The molecule has 19 heavy (non-hydrogen) atoms. The average molecular weight is 265 g/mol. The lowest BCUT2D eigenvalue weighted by atomic mass is 9.99. The second-order valence-corrected chi connectivity index (χ2v) is 4.91. The van der Waals surface area contributed by atoms with Crippen LogP contribution in [-0.2, 0) is 9.59 Å². The number of nitriles is 1. The first-order valence-electron chi connectivity index (χ1n) is 6.33. The van der Waals surface area contributed by atoms with Crippen LogP contribution in [0.5, 0.6) is 0 Å². The molecular formula is C13H19N3O3. The van der Waals surface area contributed by atoms with Gasteiger partial charge in [0.1, 0.15) is 17.7 Å². The molecule has 1 rings (SSSR count). The molecule has 0 spiro atoms. The molecule has 1 fully saturated rings. The summed E-state index contributed by atoms with van der Waals surface area (Å²) < 4.78 is 0. The highest BCUT2D eigenvalue weighted by Crippen LogP contribution is 2.16. The highest BCUT2D eigenvalue weighted by atomic mass is 16.4. The van der Waals surface area contributed by atoms with Gasteiger partial charge in [0, 0.05) is 19.3 Å². The Morgan fingerprint density at radius 2 is 2.05 bits per heavy atom. The lowest BCUT2D eigenvalue weighted by Gasteiger charge is -2.29. The van der Waals surface area contributed by atoms with Crippen molar-refractivity contribution in [2.45, 2.75) is 32.7 Å². The maximum atomic E-state index is 11.7. The van der Waals surface area contributed by atoms with Gasteiger partial charge in [-0.25, -0.2) is 0 Å². The molecule has 2 N–H and O–H groups in total. The number of aliphatic carboxylic acids is 1. The molecule has 1 unspecified atom stereocenters. The Labute approximate surface area is 112 Å². The molecule has 1 aliphatic rings. The molecule has 0 aromatic rings. The molecule has 0 radical (unpaired) electrons. The van der Waals surface area contributed by atoms with Crippen molar-refractivity contribution < 1.29 is 14.7 Å². The van der Waals surface area contributed by atoms with Crippen LogP contribution in [0.1, 0.15) is 26.7 Å². The van der Waals surface area contributed by atoms with Crippen LogP contribution in [-0.4, -0.2) is 41.0 Å². The molecule has 1 heterocycles. The van der Waals surface area contributed by atoms with Gasteiger partial charge >= 0.3 is 5.97 Å². The van der Waals surface area contributed by atoms with Crippen LogP contribution < -0.4 is 5.32 Å². The van der Waals surface area contributed by atoms with Crippen LogP contribution in [0, 0.1) is 17.2 Å². The Morgan fingerprint density at radius 1 is 1.47 bits per heavy atom. The number of nitrogens with one attached hydrogen (secondary N) is 1. The minimum atomic E-state index is -1.13. The van der Waals surface area contributed by atoms with Crippen LogP contribution in [0.25, 0.3) is 0 Å². The van der Waals surface area contributed by atoms with Gasteiger partial charge in [-0.2, -0.15) is 5.26 Å². The second kappa shape index (κ2) is 6.78. The topological polar surface area (TPSA) is 93.4 Å². The highest BCUT2D eigenvalue weighted by Gasteiger charge is 2.19. The monoisotopic (exact) mass is 265 g/mol. The summed E-state index contributed by atoms with van der Waals surface area (Å²) in [5.74, 6) is -1.11. The number of rotatable bonds is 4.